The van der Waals surface area contributed by atoms with Crippen LogP contribution in [-0.4, -0.2) is 85.3 Å². The third kappa shape index (κ3) is 4.44. The molecule has 6 nitrogen and oxygen atoms in total. The van der Waals surface area contributed by atoms with E-state index in [1.54, 1.807) is 7.11 Å². The van der Waals surface area contributed by atoms with Crippen LogP contribution in [0.25, 0.3) is 0 Å². The Labute approximate surface area is 163 Å². The molecule has 3 aliphatic rings. The number of rotatable bonds is 7. The van der Waals surface area contributed by atoms with Crippen LogP contribution in [0.2, 0.25) is 0 Å². The van der Waals surface area contributed by atoms with Crippen molar-refractivity contribution in [1.82, 2.24) is 19.8 Å². The van der Waals surface area contributed by atoms with Crippen LogP contribution in [0.15, 0.2) is 12.4 Å². The van der Waals surface area contributed by atoms with E-state index in [4.69, 9.17) is 14.7 Å². The van der Waals surface area contributed by atoms with E-state index in [1.807, 2.05) is 0 Å². The molecule has 3 fully saturated rings. The van der Waals surface area contributed by atoms with Crippen molar-refractivity contribution >= 4 is 5.95 Å². The number of likely N-dealkylation sites (tertiary alicyclic amines) is 2. The van der Waals surface area contributed by atoms with Crippen LogP contribution in [0.5, 0.6) is 0 Å². The molecule has 27 heavy (non-hydrogen) atoms. The number of ether oxygens (including phenoxy) is 1. The third-order valence-electron chi connectivity index (χ3n) is 6.69. The van der Waals surface area contributed by atoms with Gasteiger partial charge in [0.1, 0.15) is 0 Å². The van der Waals surface area contributed by atoms with Crippen LogP contribution >= 0.6 is 0 Å². The number of unbranched alkanes of at least 4 members (excludes halogenated alkanes) is 1. The molecule has 2 unspecified atom stereocenters. The highest BCUT2D eigenvalue weighted by molar-refractivity contribution is 5.38. The second kappa shape index (κ2) is 8.84. The molecule has 4 rings (SSSR count). The first kappa shape index (κ1) is 19.1. The van der Waals surface area contributed by atoms with E-state index in [0.29, 0.717) is 18.0 Å². The van der Waals surface area contributed by atoms with Crippen molar-refractivity contribution in [3.8, 4) is 0 Å². The predicted octanol–water partition coefficient (Wildman–Crippen LogP) is 2.37. The lowest BCUT2D eigenvalue weighted by Crippen LogP contribution is -2.53. The molecule has 1 aromatic heterocycles. The van der Waals surface area contributed by atoms with Gasteiger partial charge >= 0.3 is 0 Å². The Morgan fingerprint density at radius 2 is 1.67 bits per heavy atom. The van der Waals surface area contributed by atoms with Crippen molar-refractivity contribution in [2.75, 3.05) is 58.4 Å². The van der Waals surface area contributed by atoms with Gasteiger partial charge in [-0.3, -0.25) is 0 Å². The minimum Gasteiger partial charge on any atom is -0.385 e. The molecule has 150 valence electrons. The maximum Gasteiger partial charge on any atom is 0.225 e. The molecule has 2 bridgehead atoms. The zero-order chi connectivity index (χ0) is 18.6. The average molecular weight is 374 g/mol. The first-order valence-corrected chi connectivity index (χ1v) is 10.7. The summed E-state index contributed by atoms with van der Waals surface area (Å²) in [5.74, 6) is 1.58. The van der Waals surface area contributed by atoms with Crippen molar-refractivity contribution in [2.45, 2.75) is 56.5 Å². The lowest BCUT2D eigenvalue weighted by atomic mass is 9.91. The van der Waals surface area contributed by atoms with E-state index in [9.17, 15) is 0 Å². The van der Waals surface area contributed by atoms with Gasteiger partial charge in [0.2, 0.25) is 5.95 Å². The number of hydrogen-bond acceptors (Lipinski definition) is 6. The highest BCUT2D eigenvalue weighted by Gasteiger charge is 2.40. The highest BCUT2D eigenvalue weighted by Crippen LogP contribution is 2.33. The van der Waals surface area contributed by atoms with Gasteiger partial charge in [-0.1, -0.05) is 0 Å². The van der Waals surface area contributed by atoms with Gasteiger partial charge in [-0.15, -0.1) is 0 Å². The highest BCUT2D eigenvalue weighted by atomic mass is 16.5. The van der Waals surface area contributed by atoms with E-state index in [1.165, 1.54) is 63.7 Å². The van der Waals surface area contributed by atoms with Gasteiger partial charge in [-0.25, -0.2) is 9.97 Å². The number of anilines is 1. The van der Waals surface area contributed by atoms with Crippen molar-refractivity contribution < 1.29 is 4.74 Å². The summed E-state index contributed by atoms with van der Waals surface area (Å²) in [5, 5.41) is 0. The quantitative estimate of drug-likeness (QED) is 0.684. The van der Waals surface area contributed by atoms with Crippen LogP contribution in [-0.2, 0) is 4.74 Å². The second-order valence-corrected chi connectivity index (χ2v) is 8.65. The summed E-state index contributed by atoms with van der Waals surface area (Å²) in [4.78, 5) is 17.2. The van der Waals surface area contributed by atoms with Crippen LogP contribution in [0.4, 0.5) is 5.95 Å². The van der Waals surface area contributed by atoms with E-state index in [0.717, 1.165) is 25.6 Å². The Bertz CT molecular complexity index is 573. The number of nitrogens with zero attached hydrogens (tertiary/aromatic N) is 5. The molecule has 3 saturated heterocycles. The molecule has 0 radical (unpaired) electrons. The van der Waals surface area contributed by atoms with Crippen LogP contribution in [0.1, 0.15) is 50.0 Å². The lowest BCUT2D eigenvalue weighted by Gasteiger charge is -2.39. The summed E-state index contributed by atoms with van der Waals surface area (Å²) in [6.45, 7) is 6.77. The molecule has 1 aromatic rings. The molecule has 0 N–H and O–H groups in total. The standard InChI is InChI=1S/C21H35N5O/c1-24-15-19-5-6-20(16-24)26(19)21-22-13-18(14-23-21)17-7-10-25(11-8-17)9-3-4-12-27-2/h13-14,17,19-20H,3-12,15-16H2,1-2H3. The van der Waals surface area contributed by atoms with Gasteiger partial charge < -0.3 is 19.4 Å². The molecule has 0 aliphatic carbocycles. The minimum absolute atomic E-state index is 0.598. The molecule has 0 saturated carbocycles. The monoisotopic (exact) mass is 373 g/mol. The lowest BCUT2D eigenvalue weighted by molar-refractivity contribution is 0.173. The Hall–Kier alpha value is -1.24. The van der Waals surface area contributed by atoms with Gasteiger partial charge in [0.15, 0.2) is 0 Å². The Kier molecular flexibility index (Phi) is 6.25. The van der Waals surface area contributed by atoms with Crippen LogP contribution < -0.4 is 4.90 Å². The number of fused-ring (bicyclic) bond motifs is 2. The molecule has 3 aliphatic heterocycles. The van der Waals surface area contributed by atoms with Gasteiger partial charge in [-0.05, 0) is 76.7 Å². The predicted molar refractivity (Wildman–Crippen MR) is 108 cm³/mol. The topological polar surface area (TPSA) is 44.7 Å². The smallest absolute Gasteiger partial charge is 0.225 e. The number of likely N-dealkylation sites (N-methyl/N-ethyl adjacent to an activating group) is 1. The summed E-state index contributed by atoms with van der Waals surface area (Å²) in [5.41, 5.74) is 1.33. The number of piperazine rings is 1. The number of hydrogen-bond donors (Lipinski definition) is 0. The zero-order valence-electron chi connectivity index (χ0n) is 17.0. The molecule has 4 heterocycles. The van der Waals surface area contributed by atoms with Crippen molar-refractivity contribution in [3.63, 3.8) is 0 Å². The van der Waals surface area contributed by atoms with Crippen molar-refractivity contribution in [1.29, 1.82) is 0 Å². The number of methoxy groups -OCH3 is 1. The third-order valence-corrected chi connectivity index (χ3v) is 6.69. The molecule has 2 atom stereocenters. The average Bonchev–Trinajstić information content (AvgIpc) is 2.97. The van der Waals surface area contributed by atoms with Gasteiger partial charge in [0.05, 0.1) is 0 Å². The fourth-order valence-electron chi connectivity index (χ4n) is 5.19. The van der Waals surface area contributed by atoms with Crippen molar-refractivity contribution in [2.24, 2.45) is 0 Å². The normalized spacial score (nSPS) is 27.4. The Morgan fingerprint density at radius 3 is 2.30 bits per heavy atom. The van der Waals surface area contributed by atoms with E-state index in [-0.39, 0.29) is 0 Å². The summed E-state index contributed by atoms with van der Waals surface area (Å²) in [6, 6.07) is 1.20. The number of aromatic nitrogens is 2. The van der Waals surface area contributed by atoms with Gasteiger partial charge in [0, 0.05) is 51.3 Å². The van der Waals surface area contributed by atoms with Crippen molar-refractivity contribution in [3.05, 3.63) is 18.0 Å². The zero-order valence-corrected chi connectivity index (χ0v) is 17.0. The van der Waals surface area contributed by atoms with E-state index in [2.05, 4.69) is 34.1 Å². The molecular formula is C21H35N5O. The SMILES string of the molecule is COCCCCN1CCC(c2cnc(N3C4CCC3CN(C)C4)nc2)CC1. The summed E-state index contributed by atoms with van der Waals surface area (Å²) in [7, 11) is 4.02. The first-order valence-electron chi connectivity index (χ1n) is 10.7. The fourth-order valence-corrected chi connectivity index (χ4v) is 5.19. The maximum absolute atomic E-state index is 5.14. The Morgan fingerprint density at radius 1 is 1.00 bits per heavy atom. The Balaban J connectivity index is 1.29. The number of piperidine rings is 1. The van der Waals surface area contributed by atoms with E-state index >= 15 is 0 Å². The molecular weight excluding hydrogens is 338 g/mol. The largest absolute Gasteiger partial charge is 0.385 e. The summed E-state index contributed by atoms with van der Waals surface area (Å²) >= 11 is 0. The van der Waals surface area contributed by atoms with Crippen LogP contribution in [0, 0.1) is 0 Å². The molecule has 0 amide bonds. The van der Waals surface area contributed by atoms with E-state index < -0.39 is 0 Å². The molecule has 6 heteroatoms. The minimum atomic E-state index is 0.598. The summed E-state index contributed by atoms with van der Waals surface area (Å²) in [6.07, 6.45) is 11.6. The molecule has 0 aromatic carbocycles. The second-order valence-electron chi connectivity index (χ2n) is 8.65. The summed E-state index contributed by atoms with van der Waals surface area (Å²) < 4.78 is 5.14. The maximum atomic E-state index is 5.14. The van der Waals surface area contributed by atoms with Gasteiger partial charge in [-0.2, -0.15) is 0 Å². The molecule has 0 spiro atoms. The van der Waals surface area contributed by atoms with Gasteiger partial charge in [0.25, 0.3) is 0 Å². The fraction of sp³-hybridized carbons (Fsp3) is 0.810. The first-order chi connectivity index (χ1) is 13.2. The van der Waals surface area contributed by atoms with Crippen LogP contribution in [0.3, 0.4) is 0 Å².